The number of rotatable bonds is 6. The number of esters is 1. The maximum absolute atomic E-state index is 11.5. The van der Waals surface area contributed by atoms with Crippen molar-refractivity contribution in [2.75, 3.05) is 27.4 Å². The number of hydrogen-bond acceptors (Lipinski definition) is 6. The van der Waals surface area contributed by atoms with E-state index in [1.165, 1.54) is 18.4 Å². The van der Waals surface area contributed by atoms with E-state index in [1.807, 2.05) is 0 Å². The van der Waals surface area contributed by atoms with E-state index in [0.29, 0.717) is 13.2 Å². The van der Waals surface area contributed by atoms with Crippen molar-refractivity contribution in [3.8, 4) is 0 Å². The lowest BCUT2D eigenvalue weighted by atomic mass is 10.2. The molecule has 1 rings (SSSR count). The fourth-order valence-electron chi connectivity index (χ4n) is 1.09. The van der Waals surface area contributed by atoms with E-state index >= 15 is 0 Å². The van der Waals surface area contributed by atoms with Crippen LogP contribution in [0.1, 0.15) is 10.9 Å². The van der Waals surface area contributed by atoms with Crippen molar-refractivity contribution in [1.82, 2.24) is 10.3 Å². The summed E-state index contributed by atoms with van der Waals surface area (Å²) in [4.78, 5) is 16.2. The second kappa shape index (κ2) is 6.49. The maximum Gasteiger partial charge on any atom is 0.328 e. The molecule has 0 aliphatic carbocycles. The van der Waals surface area contributed by atoms with Crippen LogP contribution in [-0.2, 0) is 14.3 Å². The Kier molecular flexibility index (Phi) is 5.23. The van der Waals surface area contributed by atoms with Crippen molar-refractivity contribution < 1.29 is 14.3 Å². The Morgan fingerprint density at radius 2 is 2.47 bits per heavy atom. The third kappa shape index (κ3) is 3.58. The highest BCUT2D eigenvalue weighted by atomic mass is 32.1. The number of aromatic nitrogens is 1. The predicted octanol–water partition coefficient (Wildman–Crippen LogP) is 0.593. The van der Waals surface area contributed by atoms with Crippen molar-refractivity contribution in [3.63, 3.8) is 0 Å². The van der Waals surface area contributed by atoms with Crippen molar-refractivity contribution in [3.05, 3.63) is 16.6 Å². The zero-order valence-electron chi connectivity index (χ0n) is 8.73. The highest BCUT2D eigenvalue weighted by molar-refractivity contribution is 7.09. The molecule has 0 aliphatic rings. The van der Waals surface area contributed by atoms with Crippen LogP contribution in [0.3, 0.4) is 0 Å². The lowest BCUT2D eigenvalue weighted by Gasteiger charge is -2.13. The Balaban J connectivity index is 2.58. The molecule has 1 heterocycles. The third-order valence-corrected chi connectivity index (χ3v) is 2.67. The molecule has 0 aromatic carbocycles. The van der Waals surface area contributed by atoms with Crippen LogP contribution >= 0.6 is 11.3 Å². The zero-order valence-corrected chi connectivity index (χ0v) is 9.54. The molecule has 0 fully saturated rings. The van der Waals surface area contributed by atoms with E-state index in [9.17, 15) is 4.79 Å². The highest BCUT2D eigenvalue weighted by Crippen LogP contribution is 2.18. The lowest BCUT2D eigenvalue weighted by Crippen LogP contribution is -2.31. The number of nitrogens with one attached hydrogen (secondary N) is 1. The fourth-order valence-corrected chi connectivity index (χ4v) is 1.77. The van der Waals surface area contributed by atoms with Crippen LogP contribution in [0, 0.1) is 0 Å². The molecule has 0 spiro atoms. The normalized spacial score (nSPS) is 12.4. The molecular formula is C9H14N2O3S. The third-order valence-electron chi connectivity index (χ3n) is 1.83. The summed E-state index contributed by atoms with van der Waals surface area (Å²) in [6.07, 6.45) is 1.66. The van der Waals surface area contributed by atoms with Gasteiger partial charge in [0.2, 0.25) is 0 Å². The molecule has 1 N–H and O–H groups in total. The Morgan fingerprint density at radius 3 is 3.00 bits per heavy atom. The van der Waals surface area contributed by atoms with Gasteiger partial charge in [-0.15, -0.1) is 11.3 Å². The molecule has 1 unspecified atom stereocenters. The van der Waals surface area contributed by atoms with Gasteiger partial charge in [-0.25, -0.2) is 4.79 Å². The Labute approximate surface area is 92.4 Å². The second-order valence-electron chi connectivity index (χ2n) is 2.81. The van der Waals surface area contributed by atoms with Gasteiger partial charge in [-0.2, -0.15) is 0 Å². The number of methoxy groups -OCH3 is 2. The van der Waals surface area contributed by atoms with E-state index in [2.05, 4.69) is 10.3 Å². The summed E-state index contributed by atoms with van der Waals surface area (Å²) in [5.74, 6) is -0.310. The molecule has 1 aromatic rings. The standard InChI is InChI=1S/C9H14N2O3S/c1-13-4-3-11-8(9(12)14-2)7-5-10-6-15-7/h5-6,8,11H,3-4H2,1-2H3. The minimum Gasteiger partial charge on any atom is -0.468 e. The van der Waals surface area contributed by atoms with Gasteiger partial charge in [0.05, 0.1) is 24.1 Å². The van der Waals surface area contributed by atoms with Crippen molar-refractivity contribution >= 4 is 17.3 Å². The van der Waals surface area contributed by atoms with Gasteiger partial charge >= 0.3 is 5.97 Å². The minimum absolute atomic E-state index is 0.310. The Bertz CT molecular complexity index is 290. The molecule has 15 heavy (non-hydrogen) atoms. The number of carbonyl (C=O) groups is 1. The van der Waals surface area contributed by atoms with Crippen LogP contribution in [0.2, 0.25) is 0 Å². The van der Waals surface area contributed by atoms with Crippen molar-refractivity contribution in [2.45, 2.75) is 6.04 Å². The van der Waals surface area contributed by atoms with Gasteiger partial charge in [0.1, 0.15) is 6.04 Å². The molecule has 6 heteroatoms. The van der Waals surface area contributed by atoms with Crippen molar-refractivity contribution in [2.24, 2.45) is 0 Å². The van der Waals surface area contributed by atoms with Gasteiger partial charge in [-0.1, -0.05) is 0 Å². The van der Waals surface area contributed by atoms with Crippen LogP contribution < -0.4 is 5.32 Å². The number of carbonyl (C=O) groups excluding carboxylic acids is 1. The first kappa shape index (κ1) is 12.1. The SMILES string of the molecule is COCCNC(C(=O)OC)c1cncs1. The largest absolute Gasteiger partial charge is 0.468 e. The highest BCUT2D eigenvalue weighted by Gasteiger charge is 2.21. The van der Waals surface area contributed by atoms with E-state index in [1.54, 1.807) is 18.8 Å². The molecule has 0 amide bonds. The van der Waals surface area contributed by atoms with Crippen LogP contribution in [-0.4, -0.2) is 38.3 Å². The van der Waals surface area contributed by atoms with Gasteiger partial charge in [0, 0.05) is 19.9 Å². The maximum atomic E-state index is 11.5. The number of nitrogens with zero attached hydrogens (tertiary/aromatic N) is 1. The molecule has 1 atom stereocenters. The fraction of sp³-hybridized carbons (Fsp3) is 0.556. The van der Waals surface area contributed by atoms with Gasteiger partial charge in [0.25, 0.3) is 0 Å². The molecule has 0 saturated carbocycles. The first-order chi connectivity index (χ1) is 7.29. The lowest BCUT2D eigenvalue weighted by molar-refractivity contribution is -0.143. The average molecular weight is 230 g/mol. The van der Waals surface area contributed by atoms with Crippen LogP contribution in [0.4, 0.5) is 0 Å². The number of ether oxygens (including phenoxy) is 2. The molecule has 5 nitrogen and oxygen atoms in total. The van der Waals surface area contributed by atoms with Gasteiger partial charge in [-0.05, 0) is 0 Å². The summed E-state index contributed by atoms with van der Waals surface area (Å²) in [7, 11) is 2.98. The van der Waals surface area contributed by atoms with Gasteiger partial charge in [-0.3, -0.25) is 10.3 Å². The summed E-state index contributed by atoms with van der Waals surface area (Å²) < 4.78 is 9.60. The Hall–Kier alpha value is -0.980. The molecule has 0 aliphatic heterocycles. The van der Waals surface area contributed by atoms with Crippen LogP contribution in [0.25, 0.3) is 0 Å². The quantitative estimate of drug-likeness (QED) is 0.572. The van der Waals surface area contributed by atoms with E-state index in [0.717, 1.165) is 4.88 Å². The average Bonchev–Trinajstić information content (AvgIpc) is 2.77. The molecule has 0 radical (unpaired) electrons. The topological polar surface area (TPSA) is 60.5 Å². The first-order valence-electron chi connectivity index (χ1n) is 4.48. The monoisotopic (exact) mass is 230 g/mol. The second-order valence-corrected chi connectivity index (χ2v) is 3.72. The molecule has 0 saturated heterocycles. The number of thiazole rings is 1. The van der Waals surface area contributed by atoms with E-state index < -0.39 is 6.04 Å². The molecule has 1 aromatic heterocycles. The van der Waals surface area contributed by atoms with Crippen molar-refractivity contribution in [1.29, 1.82) is 0 Å². The zero-order chi connectivity index (χ0) is 11.1. The minimum atomic E-state index is -0.447. The summed E-state index contributed by atoms with van der Waals surface area (Å²) in [6, 6.07) is -0.447. The number of hydrogen-bond donors (Lipinski definition) is 1. The molecular weight excluding hydrogens is 216 g/mol. The van der Waals surface area contributed by atoms with Crippen LogP contribution in [0.5, 0.6) is 0 Å². The summed E-state index contributed by atoms with van der Waals surface area (Å²) in [6.45, 7) is 1.14. The molecule has 0 bridgehead atoms. The molecule has 84 valence electrons. The predicted molar refractivity (Wildman–Crippen MR) is 56.7 cm³/mol. The summed E-state index contributed by atoms with van der Waals surface area (Å²) in [5.41, 5.74) is 1.68. The summed E-state index contributed by atoms with van der Waals surface area (Å²) in [5, 5.41) is 3.04. The van der Waals surface area contributed by atoms with Gasteiger partial charge in [0.15, 0.2) is 0 Å². The summed E-state index contributed by atoms with van der Waals surface area (Å²) >= 11 is 1.42. The van der Waals surface area contributed by atoms with Crippen LogP contribution in [0.15, 0.2) is 11.7 Å². The Morgan fingerprint density at radius 1 is 1.67 bits per heavy atom. The van der Waals surface area contributed by atoms with E-state index in [-0.39, 0.29) is 5.97 Å². The first-order valence-corrected chi connectivity index (χ1v) is 5.36. The van der Waals surface area contributed by atoms with Gasteiger partial charge < -0.3 is 9.47 Å². The smallest absolute Gasteiger partial charge is 0.328 e. The van der Waals surface area contributed by atoms with E-state index in [4.69, 9.17) is 9.47 Å².